The Morgan fingerprint density at radius 1 is 0.288 bits per heavy atom. The summed E-state index contributed by atoms with van der Waals surface area (Å²) in [6.45, 7) is 6.55. The molecule has 0 N–H and O–H groups in total. The third-order valence-electron chi connectivity index (χ3n) is 13.7. The Balaban J connectivity index is 4.37. The van der Waals surface area contributed by atoms with E-state index < -0.39 is 6.10 Å². The lowest BCUT2D eigenvalue weighted by Crippen LogP contribution is -2.30. The first kappa shape index (κ1) is 69.8. The average molecular weight is 1020 g/mol. The summed E-state index contributed by atoms with van der Waals surface area (Å²) >= 11 is 0. The first-order valence-corrected chi connectivity index (χ1v) is 31.4. The third-order valence-corrected chi connectivity index (χ3v) is 13.7. The molecule has 422 valence electrons. The molecule has 0 spiro atoms. The van der Waals surface area contributed by atoms with E-state index in [1.165, 1.54) is 173 Å². The van der Waals surface area contributed by atoms with Crippen molar-refractivity contribution >= 4 is 17.9 Å². The van der Waals surface area contributed by atoms with Gasteiger partial charge in [-0.3, -0.25) is 14.4 Å². The van der Waals surface area contributed by atoms with Gasteiger partial charge in [0.05, 0.1) is 0 Å². The van der Waals surface area contributed by atoms with E-state index in [0.29, 0.717) is 19.3 Å². The van der Waals surface area contributed by atoms with Crippen molar-refractivity contribution in [1.29, 1.82) is 0 Å². The smallest absolute Gasteiger partial charge is 0.306 e. The lowest BCUT2D eigenvalue weighted by Gasteiger charge is -2.18. The number of esters is 3. The van der Waals surface area contributed by atoms with E-state index in [4.69, 9.17) is 14.2 Å². The number of hydrogen-bond donors (Lipinski definition) is 0. The van der Waals surface area contributed by atoms with Crippen LogP contribution in [0.3, 0.4) is 0 Å². The molecule has 1 unspecified atom stereocenters. The molecule has 0 saturated heterocycles. The Kier molecular flexibility index (Phi) is 58.7. The van der Waals surface area contributed by atoms with Gasteiger partial charge in [-0.25, -0.2) is 0 Å². The minimum atomic E-state index is -0.782. The van der Waals surface area contributed by atoms with Crippen LogP contribution in [0.5, 0.6) is 0 Å². The molecule has 6 nitrogen and oxygen atoms in total. The van der Waals surface area contributed by atoms with Crippen LogP contribution in [0, 0.1) is 0 Å². The first-order chi connectivity index (χ1) is 36.0. The van der Waals surface area contributed by atoms with Crippen LogP contribution in [0.15, 0.2) is 72.9 Å². The zero-order valence-electron chi connectivity index (χ0n) is 48.4. The molecule has 0 fully saturated rings. The number of carbonyl (C=O) groups is 3. The zero-order chi connectivity index (χ0) is 52.9. The average Bonchev–Trinajstić information content (AvgIpc) is 3.39. The normalized spacial score (nSPS) is 12.5. The van der Waals surface area contributed by atoms with Crippen molar-refractivity contribution in [3.05, 3.63) is 72.9 Å². The second kappa shape index (κ2) is 61.4. The van der Waals surface area contributed by atoms with Crippen LogP contribution in [0.25, 0.3) is 0 Å². The largest absolute Gasteiger partial charge is 0.462 e. The molecule has 0 aromatic carbocycles. The quantitative estimate of drug-likeness (QED) is 0.0261. The van der Waals surface area contributed by atoms with E-state index in [9.17, 15) is 14.4 Å². The van der Waals surface area contributed by atoms with Gasteiger partial charge in [0.15, 0.2) is 6.10 Å². The Hall–Kier alpha value is -3.15. The molecule has 0 aliphatic rings. The van der Waals surface area contributed by atoms with Crippen molar-refractivity contribution < 1.29 is 28.6 Å². The highest BCUT2D eigenvalue weighted by molar-refractivity contribution is 5.71. The van der Waals surface area contributed by atoms with Crippen molar-refractivity contribution in [2.45, 2.75) is 322 Å². The number of ether oxygens (including phenoxy) is 3. The van der Waals surface area contributed by atoms with Crippen LogP contribution in [-0.2, 0) is 28.6 Å². The molecule has 73 heavy (non-hydrogen) atoms. The number of unbranched alkanes of at least 4 members (excludes halogenated alkanes) is 34. The fraction of sp³-hybridized carbons (Fsp3) is 0.776. The predicted molar refractivity (Wildman–Crippen MR) is 316 cm³/mol. The molecule has 0 aliphatic carbocycles. The molecule has 0 aromatic heterocycles. The Morgan fingerprint density at radius 2 is 0.534 bits per heavy atom. The van der Waals surface area contributed by atoms with E-state index >= 15 is 0 Å². The highest BCUT2D eigenvalue weighted by atomic mass is 16.6. The van der Waals surface area contributed by atoms with Gasteiger partial charge in [-0.2, -0.15) is 0 Å². The summed E-state index contributed by atoms with van der Waals surface area (Å²) in [5.41, 5.74) is 0. The fourth-order valence-electron chi connectivity index (χ4n) is 9.00. The van der Waals surface area contributed by atoms with Gasteiger partial charge in [-0.1, -0.05) is 280 Å². The van der Waals surface area contributed by atoms with Gasteiger partial charge in [0.1, 0.15) is 13.2 Å². The van der Waals surface area contributed by atoms with Crippen molar-refractivity contribution in [2.24, 2.45) is 0 Å². The van der Waals surface area contributed by atoms with Crippen LogP contribution >= 0.6 is 0 Å². The molecule has 6 heteroatoms. The van der Waals surface area contributed by atoms with Gasteiger partial charge in [-0.05, 0) is 89.9 Å². The second-order valence-electron chi connectivity index (χ2n) is 20.9. The number of carbonyl (C=O) groups excluding carboxylic acids is 3. The van der Waals surface area contributed by atoms with E-state index in [1.807, 2.05) is 0 Å². The van der Waals surface area contributed by atoms with Gasteiger partial charge in [0.2, 0.25) is 0 Å². The molecular weight excluding hydrogens is 901 g/mol. The molecule has 0 amide bonds. The van der Waals surface area contributed by atoms with Crippen LogP contribution in [0.1, 0.15) is 316 Å². The van der Waals surface area contributed by atoms with Gasteiger partial charge in [0, 0.05) is 19.3 Å². The third kappa shape index (κ3) is 59.6. The van der Waals surface area contributed by atoms with Gasteiger partial charge >= 0.3 is 17.9 Å². The van der Waals surface area contributed by atoms with Crippen molar-refractivity contribution in [3.63, 3.8) is 0 Å². The molecule has 1 atom stereocenters. The standard InChI is InChI=1S/C67H118O6/c1-4-7-10-13-16-19-22-25-28-30-31-32-33-34-35-37-39-42-45-48-51-54-57-60-66(69)72-63-64(62-71-65(68)59-56-53-50-47-44-41-38-27-24-21-18-15-12-9-6-3)73-67(70)61-58-55-52-49-46-43-40-36-29-26-23-20-17-14-11-8-5-2/h7,10,16,19,25,27-28,31-32,34-35,38,64H,4-6,8-9,11-15,17-18,20-24,26,29-30,33,36-37,39-63H2,1-3H3/b10-7-,19-16-,28-25-,32-31-,35-34-,38-27-. The minimum Gasteiger partial charge on any atom is -0.462 e. The highest BCUT2D eigenvalue weighted by Crippen LogP contribution is 2.17. The van der Waals surface area contributed by atoms with E-state index in [1.54, 1.807) is 0 Å². The SMILES string of the molecule is CC/C=C\C/C=C\C/C=C\C/C=C\C/C=C\CCCCCCCCCC(=O)OCC(COC(=O)CCCCCCC/C=C\CCCCCCCC)OC(=O)CCCCCCCCCCCCCCCCCCC. The Bertz CT molecular complexity index is 1360. The fourth-order valence-corrected chi connectivity index (χ4v) is 9.00. The molecule has 0 bridgehead atoms. The molecule has 0 radical (unpaired) electrons. The maximum Gasteiger partial charge on any atom is 0.306 e. The summed E-state index contributed by atoms with van der Waals surface area (Å²) in [6, 6.07) is 0. The zero-order valence-corrected chi connectivity index (χ0v) is 48.4. The Morgan fingerprint density at radius 3 is 0.849 bits per heavy atom. The maximum atomic E-state index is 12.9. The van der Waals surface area contributed by atoms with E-state index in [-0.39, 0.29) is 31.1 Å². The summed E-state index contributed by atoms with van der Waals surface area (Å²) in [5, 5.41) is 0. The van der Waals surface area contributed by atoms with Gasteiger partial charge in [-0.15, -0.1) is 0 Å². The highest BCUT2D eigenvalue weighted by Gasteiger charge is 2.19. The Labute approximate surface area is 453 Å². The molecule has 0 heterocycles. The summed E-state index contributed by atoms with van der Waals surface area (Å²) < 4.78 is 16.9. The molecule has 0 saturated carbocycles. The summed E-state index contributed by atoms with van der Waals surface area (Å²) in [6.07, 6.45) is 79.0. The lowest BCUT2D eigenvalue weighted by atomic mass is 10.0. The molecular formula is C67H118O6. The maximum absolute atomic E-state index is 12.9. The van der Waals surface area contributed by atoms with Crippen molar-refractivity contribution in [3.8, 4) is 0 Å². The number of allylic oxidation sites excluding steroid dienone is 12. The first-order valence-electron chi connectivity index (χ1n) is 31.4. The number of rotatable bonds is 57. The summed E-state index contributed by atoms with van der Waals surface area (Å²) in [4.78, 5) is 38.3. The molecule has 0 aliphatic heterocycles. The van der Waals surface area contributed by atoms with Gasteiger partial charge < -0.3 is 14.2 Å². The van der Waals surface area contributed by atoms with Gasteiger partial charge in [0.25, 0.3) is 0 Å². The van der Waals surface area contributed by atoms with Crippen molar-refractivity contribution in [2.75, 3.05) is 13.2 Å². The molecule has 0 rings (SSSR count). The summed E-state index contributed by atoms with van der Waals surface area (Å²) in [5.74, 6) is -0.883. The van der Waals surface area contributed by atoms with Crippen LogP contribution < -0.4 is 0 Å². The van der Waals surface area contributed by atoms with Crippen LogP contribution in [0.4, 0.5) is 0 Å². The van der Waals surface area contributed by atoms with E-state index in [0.717, 1.165) is 103 Å². The monoisotopic (exact) mass is 1020 g/mol. The summed E-state index contributed by atoms with van der Waals surface area (Å²) in [7, 11) is 0. The predicted octanol–water partition coefficient (Wildman–Crippen LogP) is 21.3. The van der Waals surface area contributed by atoms with Crippen LogP contribution in [0.2, 0.25) is 0 Å². The molecule has 0 aromatic rings. The minimum absolute atomic E-state index is 0.0803. The second-order valence-corrected chi connectivity index (χ2v) is 20.9. The number of hydrogen-bond acceptors (Lipinski definition) is 6. The van der Waals surface area contributed by atoms with Crippen molar-refractivity contribution in [1.82, 2.24) is 0 Å². The topological polar surface area (TPSA) is 78.9 Å². The lowest BCUT2D eigenvalue weighted by molar-refractivity contribution is -0.167. The van der Waals surface area contributed by atoms with Crippen LogP contribution in [-0.4, -0.2) is 37.2 Å². The van der Waals surface area contributed by atoms with E-state index in [2.05, 4.69) is 93.7 Å².